The molecular formula is C17H19N3O2. The van der Waals surface area contributed by atoms with E-state index < -0.39 is 0 Å². The maximum atomic E-state index is 12.5. The van der Waals surface area contributed by atoms with E-state index in [1.54, 1.807) is 0 Å². The molecule has 2 aliphatic rings. The summed E-state index contributed by atoms with van der Waals surface area (Å²) < 4.78 is 5.33. The number of ether oxygens (including phenoxy) is 1. The Labute approximate surface area is 129 Å². The number of H-pyrrole nitrogens is 1. The number of nitrogens with one attached hydrogen (secondary N) is 1. The van der Waals surface area contributed by atoms with E-state index in [2.05, 4.69) is 4.98 Å². The first kappa shape index (κ1) is 13.5. The third-order valence-corrected chi connectivity index (χ3v) is 4.47. The molecule has 0 saturated carbocycles. The molecule has 0 spiro atoms. The summed E-state index contributed by atoms with van der Waals surface area (Å²) in [5.74, 6) is 1.15. The van der Waals surface area contributed by atoms with Gasteiger partial charge in [-0.15, -0.1) is 0 Å². The van der Waals surface area contributed by atoms with E-state index in [1.807, 2.05) is 35.2 Å². The molecule has 5 heteroatoms. The van der Waals surface area contributed by atoms with Gasteiger partial charge in [-0.05, 0) is 6.42 Å². The van der Waals surface area contributed by atoms with Crippen LogP contribution in [0.2, 0.25) is 0 Å². The molecule has 0 radical (unpaired) electrons. The zero-order chi connectivity index (χ0) is 14.9. The fourth-order valence-electron chi connectivity index (χ4n) is 3.20. The molecule has 1 amide bonds. The summed E-state index contributed by atoms with van der Waals surface area (Å²) in [4.78, 5) is 22.5. The summed E-state index contributed by atoms with van der Waals surface area (Å²) in [6.45, 7) is 2.66. The van der Waals surface area contributed by atoms with Crippen LogP contribution in [-0.4, -0.2) is 40.5 Å². The summed E-state index contributed by atoms with van der Waals surface area (Å²) in [7, 11) is 0. The Bertz CT molecular complexity index is 674. The Kier molecular flexibility index (Phi) is 3.42. The minimum absolute atomic E-state index is 0.0399. The Morgan fingerprint density at radius 3 is 2.95 bits per heavy atom. The van der Waals surface area contributed by atoms with Crippen LogP contribution in [0.1, 0.15) is 17.8 Å². The SMILES string of the molecule is O=C(C1CCOC1)N1CCc2nc(-c3ccccc3)[nH]c2C1. The first-order chi connectivity index (χ1) is 10.8. The molecule has 3 heterocycles. The molecule has 1 aromatic carbocycles. The van der Waals surface area contributed by atoms with Crippen LogP contribution in [0.15, 0.2) is 30.3 Å². The largest absolute Gasteiger partial charge is 0.381 e. The van der Waals surface area contributed by atoms with E-state index in [0.717, 1.165) is 42.2 Å². The second-order valence-electron chi connectivity index (χ2n) is 5.95. The lowest BCUT2D eigenvalue weighted by atomic mass is 10.0. The van der Waals surface area contributed by atoms with Crippen molar-refractivity contribution in [3.05, 3.63) is 41.7 Å². The second kappa shape index (κ2) is 5.57. The highest BCUT2D eigenvalue weighted by Crippen LogP contribution is 2.24. The number of hydrogen-bond donors (Lipinski definition) is 1. The van der Waals surface area contributed by atoms with Crippen LogP contribution in [0.4, 0.5) is 0 Å². The summed E-state index contributed by atoms with van der Waals surface area (Å²) in [6.07, 6.45) is 1.67. The number of aromatic amines is 1. The van der Waals surface area contributed by atoms with Gasteiger partial charge in [0.1, 0.15) is 5.82 Å². The molecule has 4 rings (SSSR count). The van der Waals surface area contributed by atoms with Crippen molar-refractivity contribution in [1.82, 2.24) is 14.9 Å². The zero-order valence-corrected chi connectivity index (χ0v) is 12.4. The van der Waals surface area contributed by atoms with Gasteiger partial charge < -0.3 is 14.6 Å². The number of rotatable bonds is 2. The van der Waals surface area contributed by atoms with Gasteiger partial charge in [0.25, 0.3) is 0 Å². The van der Waals surface area contributed by atoms with Gasteiger partial charge in [0, 0.05) is 25.1 Å². The van der Waals surface area contributed by atoms with Crippen molar-refractivity contribution in [2.24, 2.45) is 5.92 Å². The molecule has 0 bridgehead atoms. The lowest BCUT2D eigenvalue weighted by molar-refractivity contribution is -0.136. The number of fused-ring (bicyclic) bond motifs is 1. The smallest absolute Gasteiger partial charge is 0.228 e. The fourth-order valence-corrected chi connectivity index (χ4v) is 3.20. The Balaban J connectivity index is 1.54. The maximum Gasteiger partial charge on any atom is 0.228 e. The van der Waals surface area contributed by atoms with E-state index >= 15 is 0 Å². The van der Waals surface area contributed by atoms with E-state index in [-0.39, 0.29) is 11.8 Å². The minimum atomic E-state index is 0.0399. The van der Waals surface area contributed by atoms with Crippen molar-refractivity contribution in [2.45, 2.75) is 19.4 Å². The number of benzene rings is 1. The average molecular weight is 297 g/mol. The predicted octanol–water partition coefficient (Wildman–Crippen LogP) is 2.00. The van der Waals surface area contributed by atoms with Gasteiger partial charge in [0.05, 0.1) is 30.5 Å². The minimum Gasteiger partial charge on any atom is -0.381 e. The van der Waals surface area contributed by atoms with Crippen molar-refractivity contribution >= 4 is 5.91 Å². The summed E-state index contributed by atoms with van der Waals surface area (Å²) in [5, 5.41) is 0. The number of imidazole rings is 1. The number of carbonyl (C=O) groups excluding carboxylic acids is 1. The lowest BCUT2D eigenvalue weighted by Gasteiger charge is -2.28. The molecule has 1 N–H and O–H groups in total. The monoisotopic (exact) mass is 297 g/mol. The van der Waals surface area contributed by atoms with Crippen LogP contribution in [0.25, 0.3) is 11.4 Å². The molecule has 1 aromatic heterocycles. The topological polar surface area (TPSA) is 58.2 Å². The van der Waals surface area contributed by atoms with Crippen molar-refractivity contribution in [3.8, 4) is 11.4 Å². The molecule has 2 aliphatic heterocycles. The van der Waals surface area contributed by atoms with E-state index in [4.69, 9.17) is 9.72 Å². The van der Waals surface area contributed by atoms with Crippen LogP contribution in [0.3, 0.4) is 0 Å². The van der Waals surface area contributed by atoms with E-state index in [9.17, 15) is 4.79 Å². The van der Waals surface area contributed by atoms with Crippen molar-refractivity contribution in [2.75, 3.05) is 19.8 Å². The number of nitrogens with zero attached hydrogens (tertiary/aromatic N) is 2. The van der Waals surface area contributed by atoms with E-state index in [1.165, 1.54) is 0 Å². The molecule has 22 heavy (non-hydrogen) atoms. The van der Waals surface area contributed by atoms with Gasteiger partial charge in [-0.25, -0.2) is 4.98 Å². The van der Waals surface area contributed by atoms with Crippen molar-refractivity contribution in [1.29, 1.82) is 0 Å². The molecule has 1 atom stereocenters. The van der Waals surface area contributed by atoms with Crippen LogP contribution >= 0.6 is 0 Å². The van der Waals surface area contributed by atoms with Gasteiger partial charge >= 0.3 is 0 Å². The highest BCUT2D eigenvalue weighted by Gasteiger charge is 2.31. The average Bonchev–Trinajstić information content (AvgIpc) is 3.23. The summed E-state index contributed by atoms with van der Waals surface area (Å²) >= 11 is 0. The van der Waals surface area contributed by atoms with Gasteiger partial charge in [-0.3, -0.25) is 4.79 Å². The maximum absolute atomic E-state index is 12.5. The fraction of sp³-hybridized carbons (Fsp3) is 0.412. The number of amides is 1. The molecular weight excluding hydrogens is 278 g/mol. The Hall–Kier alpha value is -2.14. The predicted molar refractivity (Wildman–Crippen MR) is 82.1 cm³/mol. The molecule has 2 aromatic rings. The third-order valence-electron chi connectivity index (χ3n) is 4.47. The lowest BCUT2D eigenvalue weighted by Crippen LogP contribution is -2.40. The van der Waals surface area contributed by atoms with Crippen LogP contribution in [0, 0.1) is 5.92 Å². The molecule has 114 valence electrons. The van der Waals surface area contributed by atoms with Crippen LogP contribution in [-0.2, 0) is 22.5 Å². The summed E-state index contributed by atoms with van der Waals surface area (Å²) in [5.41, 5.74) is 3.24. The normalized spacial score (nSPS) is 20.9. The molecule has 1 saturated heterocycles. The van der Waals surface area contributed by atoms with Gasteiger partial charge in [-0.1, -0.05) is 30.3 Å². The number of carbonyl (C=O) groups is 1. The first-order valence-electron chi connectivity index (χ1n) is 7.81. The molecule has 0 aliphatic carbocycles. The Morgan fingerprint density at radius 2 is 2.18 bits per heavy atom. The third kappa shape index (κ3) is 2.41. The molecule has 1 fully saturated rings. The van der Waals surface area contributed by atoms with Gasteiger partial charge in [0.2, 0.25) is 5.91 Å². The van der Waals surface area contributed by atoms with Crippen molar-refractivity contribution in [3.63, 3.8) is 0 Å². The molecule has 5 nitrogen and oxygen atoms in total. The quantitative estimate of drug-likeness (QED) is 0.922. The number of aromatic nitrogens is 2. The highest BCUT2D eigenvalue weighted by molar-refractivity contribution is 5.79. The summed E-state index contributed by atoms with van der Waals surface area (Å²) in [6, 6.07) is 10.1. The Morgan fingerprint density at radius 1 is 1.32 bits per heavy atom. The van der Waals surface area contributed by atoms with E-state index in [0.29, 0.717) is 19.8 Å². The standard InChI is InChI=1S/C17H19N3O2/c21-17(13-7-9-22-11-13)20-8-6-14-15(10-20)19-16(18-14)12-4-2-1-3-5-12/h1-5,13H,6-11H2,(H,18,19). The highest BCUT2D eigenvalue weighted by atomic mass is 16.5. The van der Waals surface area contributed by atoms with Gasteiger partial charge in [-0.2, -0.15) is 0 Å². The van der Waals surface area contributed by atoms with Crippen LogP contribution < -0.4 is 0 Å². The number of hydrogen-bond acceptors (Lipinski definition) is 3. The second-order valence-corrected chi connectivity index (χ2v) is 5.95. The van der Waals surface area contributed by atoms with Crippen molar-refractivity contribution < 1.29 is 9.53 Å². The van der Waals surface area contributed by atoms with Crippen LogP contribution in [0.5, 0.6) is 0 Å². The zero-order valence-electron chi connectivity index (χ0n) is 12.4. The first-order valence-corrected chi connectivity index (χ1v) is 7.81. The van der Waals surface area contributed by atoms with Gasteiger partial charge in [0.15, 0.2) is 0 Å². The molecule has 1 unspecified atom stereocenters.